The van der Waals surface area contributed by atoms with Crippen LogP contribution >= 0.6 is 11.8 Å². The van der Waals surface area contributed by atoms with Gasteiger partial charge in [-0.05, 0) is 64.8 Å². The Bertz CT molecular complexity index is 1380. The summed E-state index contributed by atoms with van der Waals surface area (Å²) in [6.07, 6.45) is 4.77. The van der Waals surface area contributed by atoms with Crippen LogP contribution in [0.1, 0.15) is 78.5 Å². The van der Waals surface area contributed by atoms with Crippen LogP contribution < -0.4 is 9.04 Å². The molecule has 2 aromatic rings. The van der Waals surface area contributed by atoms with Crippen LogP contribution in [0.4, 0.5) is 5.95 Å². The van der Waals surface area contributed by atoms with Crippen molar-refractivity contribution < 1.29 is 32.2 Å². The Morgan fingerprint density at radius 1 is 1.19 bits per heavy atom. The summed E-state index contributed by atoms with van der Waals surface area (Å²) in [5.74, 6) is -0.466. The van der Waals surface area contributed by atoms with Gasteiger partial charge in [-0.3, -0.25) is 4.79 Å². The molecule has 2 heterocycles. The van der Waals surface area contributed by atoms with Crippen LogP contribution in [0.15, 0.2) is 40.3 Å². The maximum Gasteiger partial charge on any atom is 0.308 e. The second-order valence-corrected chi connectivity index (χ2v) is 15.0. The van der Waals surface area contributed by atoms with Crippen LogP contribution in [0.25, 0.3) is 6.08 Å². The minimum Gasteiger partial charge on any atom is -0.497 e. The van der Waals surface area contributed by atoms with Crippen molar-refractivity contribution >= 4 is 39.8 Å². The Balaban J connectivity index is 2.01. The molecule has 12 heteroatoms. The highest BCUT2D eigenvalue weighted by atomic mass is 32.2. The molecule has 10 nitrogen and oxygen atoms in total. The number of carbonyl (C=O) groups excluding carboxylic acids is 1. The molecule has 0 radical (unpaired) electrons. The van der Waals surface area contributed by atoms with Gasteiger partial charge in [0.15, 0.2) is 5.79 Å². The zero-order chi connectivity index (χ0) is 31.5. The third-order valence-corrected chi connectivity index (χ3v) is 8.37. The van der Waals surface area contributed by atoms with E-state index in [9.17, 15) is 13.2 Å². The summed E-state index contributed by atoms with van der Waals surface area (Å²) in [5, 5.41) is 0.595. The van der Waals surface area contributed by atoms with E-state index in [1.54, 1.807) is 7.11 Å². The lowest BCUT2D eigenvalue weighted by Gasteiger charge is -2.39. The van der Waals surface area contributed by atoms with E-state index in [0.29, 0.717) is 17.1 Å². The van der Waals surface area contributed by atoms with Gasteiger partial charge in [-0.1, -0.05) is 37.8 Å². The molecule has 1 aromatic heterocycles. The van der Waals surface area contributed by atoms with E-state index < -0.39 is 27.5 Å². The predicted molar refractivity (Wildman–Crippen MR) is 164 cm³/mol. The van der Waals surface area contributed by atoms with Crippen LogP contribution in [0.3, 0.4) is 0 Å². The van der Waals surface area contributed by atoms with Gasteiger partial charge in [0.25, 0.3) is 0 Å². The summed E-state index contributed by atoms with van der Waals surface area (Å²) in [6.45, 7) is 13.1. The first-order chi connectivity index (χ1) is 19.4. The van der Waals surface area contributed by atoms with E-state index in [-0.39, 0.29) is 30.4 Å². The van der Waals surface area contributed by atoms with Crippen molar-refractivity contribution in [2.45, 2.75) is 101 Å². The smallest absolute Gasteiger partial charge is 0.308 e. The fourth-order valence-electron chi connectivity index (χ4n) is 4.34. The number of hydrogen-bond donors (Lipinski definition) is 0. The molecule has 0 N–H and O–H groups in total. The van der Waals surface area contributed by atoms with Gasteiger partial charge in [0, 0.05) is 23.9 Å². The lowest BCUT2D eigenvalue weighted by atomic mass is 10.0. The van der Waals surface area contributed by atoms with Crippen molar-refractivity contribution in [1.29, 1.82) is 0 Å². The minimum atomic E-state index is -3.59. The molecule has 0 saturated carbocycles. The Hall–Kier alpha value is -2.67. The Labute approximate surface area is 254 Å². The third kappa shape index (κ3) is 9.68. The van der Waals surface area contributed by atoms with Crippen LogP contribution in [0.2, 0.25) is 0 Å². The standard InChI is InChI=1S/C30H43N3O7S2/c1-19(2)26-24(16-13-21-17-22(39-30(6,7)38-21)18-25(34)40-29(3,4)5)27(32-28(31-26)33(8)42(10,35)36)41-23-14-11-20(37-9)12-15-23/h11-16,19,21-22H,17-18H2,1-10H3/b16-13+/t21-,22-/m1/s1. The van der Waals surface area contributed by atoms with Gasteiger partial charge in [-0.25, -0.2) is 22.7 Å². The van der Waals surface area contributed by atoms with Crippen molar-refractivity contribution in [2.24, 2.45) is 0 Å². The Morgan fingerprint density at radius 2 is 1.83 bits per heavy atom. The molecule has 42 heavy (non-hydrogen) atoms. The molecule has 0 amide bonds. The van der Waals surface area contributed by atoms with Gasteiger partial charge in [0.2, 0.25) is 16.0 Å². The number of rotatable bonds is 10. The molecule has 2 atom stereocenters. The monoisotopic (exact) mass is 621 g/mol. The molecule has 1 fully saturated rings. The zero-order valence-corrected chi connectivity index (χ0v) is 27.8. The summed E-state index contributed by atoms with van der Waals surface area (Å²) in [4.78, 5) is 22.8. The Kier molecular flexibility index (Phi) is 10.7. The SMILES string of the molecule is COc1ccc(Sc2nc(N(C)S(C)(=O)=O)nc(C(C)C)c2/C=C/[C@@H]2C[C@H](CC(=O)OC(C)(C)C)OC(C)(C)O2)cc1. The number of nitrogens with zero attached hydrogens (tertiary/aromatic N) is 3. The molecule has 3 rings (SSSR count). The number of esters is 1. The zero-order valence-electron chi connectivity index (χ0n) is 26.1. The minimum absolute atomic E-state index is 0.0402. The van der Waals surface area contributed by atoms with Crippen LogP contribution in [0.5, 0.6) is 5.75 Å². The van der Waals surface area contributed by atoms with Crippen molar-refractivity contribution in [3.8, 4) is 5.75 Å². The maximum atomic E-state index is 12.5. The van der Waals surface area contributed by atoms with Crippen molar-refractivity contribution in [1.82, 2.24) is 9.97 Å². The second-order valence-electron chi connectivity index (χ2n) is 12.0. The number of aromatic nitrogens is 2. The molecule has 0 aliphatic carbocycles. The van der Waals surface area contributed by atoms with Gasteiger partial charge in [-0.15, -0.1) is 0 Å². The average molecular weight is 622 g/mol. The number of carbonyl (C=O) groups is 1. The van der Waals surface area contributed by atoms with Crippen molar-refractivity contribution in [3.05, 3.63) is 41.6 Å². The molecular formula is C30H43N3O7S2. The summed E-state index contributed by atoms with van der Waals surface area (Å²) >= 11 is 1.40. The van der Waals surface area contributed by atoms with E-state index in [0.717, 1.165) is 26.8 Å². The second kappa shape index (κ2) is 13.3. The fourth-order valence-corrected chi connectivity index (χ4v) is 5.62. The first kappa shape index (κ1) is 33.8. The highest BCUT2D eigenvalue weighted by molar-refractivity contribution is 7.99. The number of anilines is 1. The number of methoxy groups -OCH3 is 1. The summed E-state index contributed by atoms with van der Waals surface area (Å²) < 4.78 is 48.8. The van der Waals surface area contributed by atoms with Crippen molar-refractivity contribution in [3.63, 3.8) is 0 Å². The third-order valence-electron chi connectivity index (χ3n) is 6.20. The molecule has 232 valence electrons. The molecule has 1 aromatic carbocycles. The number of ether oxygens (including phenoxy) is 4. The summed E-state index contributed by atoms with van der Waals surface area (Å²) in [7, 11) is -0.541. The van der Waals surface area contributed by atoms with Gasteiger partial charge < -0.3 is 18.9 Å². The molecule has 1 aliphatic rings. The van der Waals surface area contributed by atoms with Gasteiger partial charge in [-0.2, -0.15) is 0 Å². The van der Waals surface area contributed by atoms with E-state index >= 15 is 0 Å². The highest BCUT2D eigenvalue weighted by Gasteiger charge is 2.36. The number of hydrogen-bond acceptors (Lipinski definition) is 10. The van der Waals surface area contributed by atoms with Crippen molar-refractivity contribution in [2.75, 3.05) is 24.7 Å². The highest BCUT2D eigenvalue weighted by Crippen LogP contribution is 2.36. The number of benzene rings is 1. The molecule has 0 spiro atoms. The Morgan fingerprint density at radius 3 is 2.38 bits per heavy atom. The average Bonchev–Trinajstić information content (AvgIpc) is 2.84. The van der Waals surface area contributed by atoms with Crippen LogP contribution in [-0.4, -0.2) is 68.4 Å². The van der Waals surface area contributed by atoms with E-state index in [1.165, 1.54) is 18.8 Å². The van der Waals surface area contributed by atoms with E-state index in [4.69, 9.17) is 23.9 Å². The predicted octanol–water partition coefficient (Wildman–Crippen LogP) is 5.81. The molecule has 0 unspecified atom stereocenters. The maximum absolute atomic E-state index is 12.5. The lowest BCUT2D eigenvalue weighted by molar-refractivity contribution is -0.290. The van der Waals surface area contributed by atoms with Gasteiger partial charge in [0.1, 0.15) is 16.4 Å². The molecular weight excluding hydrogens is 578 g/mol. The van der Waals surface area contributed by atoms with Crippen LogP contribution in [-0.2, 0) is 29.0 Å². The molecule has 1 saturated heterocycles. The van der Waals surface area contributed by atoms with E-state index in [2.05, 4.69) is 4.98 Å². The largest absolute Gasteiger partial charge is 0.497 e. The number of sulfonamides is 1. The van der Waals surface area contributed by atoms with E-state index in [1.807, 2.05) is 84.9 Å². The van der Waals surface area contributed by atoms with Gasteiger partial charge >= 0.3 is 5.97 Å². The molecule has 1 aliphatic heterocycles. The lowest BCUT2D eigenvalue weighted by Crippen LogP contribution is -2.45. The topological polar surface area (TPSA) is 117 Å². The fraction of sp³-hybridized carbons (Fsp3) is 0.567. The molecule has 0 bridgehead atoms. The first-order valence-electron chi connectivity index (χ1n) is 13.8. The van der Waals surface area contributed by atoms with Crippen LogP contribution in [0, 0.1) is 0 Å². The van der Waals surface area contributed by atoms with Gasteiger partial charge in [0.05, 0.1) is 37.7 Å². The first-order valence-corrected chi connectivity index (χ1v) is 16.5. The normalized spacial score (nSPS) is 19.2. The quantitative estimate of drug-likeness (QED) is 0.238. The summed E-state index contributed by atoms with van der Waals surface area (Å²) in [6, 6.07) is 7.54. The summed E-state index contributed by atoms with van der Waals surface area (Å²) in [5.41, 5.74) is 0.868.